The van der Waals surface area contributed by atoms with Crippen LogP contribution in [0.5, 0.6) is 11.5 Å². The Balaban J connectivity index is 1.86. The second-order valence-corrected chi connectivity index (χ2v) is 10.3. The Bertz CT molecular complexity index is 1120. The highest BCUT2D eigenvalue weighted by atomic mass is 16.7. The van der Waals surface area contributed by atoms with Gasteiger partial charge in [-0.15, -0.1) is 0 Å². The predicted octanol–water partition coefficient (Wildman–Crippen LogP) is -2.82. The maximum atomic E-state index is 13.5. The SMILES string of the molecule is CCOC(=O)C(Cc1ccc(O)c(O)c1)NC(=O)C1O[C@@H](OC2C(NC(C)=O)[C@H](C)OC(CO)[C@H]2O)C(O)C(O)[C@@H]1OC. The Hall–Kier alpha value is -3.09. The van der Waals surface area contributed by atoms with Gasteiger partial charge in [-0.3, -0.25) is 9.59 Å². The van der Waals surface area contributed by atoms with Gasteiger partial charge in [0.15, 0.2) is 23.9 Å². The predicted molar refractivity (Wildman–Crippen MR) is 143 cm³/mol. The van der Waals surface area contributed by atoms with Gasteiger partial charge in [0.25, 0.3) is 5.91 Å². The molecule has 2 heterocycles. The van der Waals surface area contributed by atoms with Gasteiger partial charge in [0.2, 0.25) is 5.91 Å². The number of carbonyl (C=O) groups excluding carboxylic acids is 3. The van der Waals surface area contributed by atoms with E-state index in [0.717, 1.165) is 7.11 Å². The van der Waals surface area contributed by atoms with E-state index >= 15 is 0 Å². The van der Waals surface area contributed by atoms with E-state index in [1.165, 1.54) is 25.1 Å². The van der Waals surface area contributed by atoms with Crippen LogP contribution in [0.2, 0.25) is 0 Å². The molecule has 2 aliphatic heterocycles. The summed E-state index contributed by atoms with van der Waals surface area (Å²) in [5.41, 5.74) is 0.364. The molecule has 11 atom stereocenters. The van der Waals surface area contributed by atoms with Crippen molar-refractivity contribution >= 4 is 17.8 Å². The Morgan fingerprint density at radius 1 is 1.02 bits per heavy atom. The highest BCUT2D eigenvalue weighted by Crippen LogP contribution is 2.30. The van der Waals surface area contributed by atoms with Crippen molar-refractivity contribution in [1.29, 1.82) is 0 Å². The zero-order valence-corrected chi connectivity index (χ0v) is 24.2. The minimum Gasteiger partial charge on any atom is -0.504 e. The fraction of sp³-hybridized carbons (Fsp3) is 0.667. The second kappa shape index (κ2) is 15.1. The molecule has 0 spiro atoms. The summed E-state index contributed by atoms with van der Waals surface area (Å²) in [5.74, 6) is -3.09. The van der Waals surface area contributed by atoms with E-state index in [4.69, 9.17) is 23.7 Å². The summed E-state index contributed by atoms with van der Waals surface area (Å²) in [6, 6.07) is 1.55. The first-order chi connectivity index (χ1) is 20.3. The maximum Gasteiger partial charge on any atom is 0.328 e. The highest BCUT2D eigenvalue weighted by Gasteiger charge is 2.52. The molecule has 0 bridgehead atoms. The van der Waals surface area contributed by atoms with Gasteiger partial charge in [-0.05, 0) is 31.5 Å². The number of amides is 2. The lowest BCUT2D eigenvalue weighted by molar-refractivity contribution is -0.325. The van der Waals surface area contributed by atoms with Crippen LogP contribution in [0.4, 0.5) is 0 Å². The second-order valence-electron chi connectivity index (χ2n) is 10.3. The number of methoxy groups -OCH3 is 1. The Morgan fingerprint density at radius 3 is 2.30 bits per heavy atom. The van der Waals surface area contributed by atoms with Gasteiger partial charge in [0.05, 0.1) is 25.4 Å². The number of rotatable bonds is 11. The number of phenolic OH excluding ortho intramolecular Hbond substituents is 2. The molecule has 8 N–H and O–H groups in total. The topological polar surface area (TPSA) is 243 Å². The minimum atomic E-state index is -1.80. The van der Waals surface area contributed by atoms with Crippen LogP contribution in [0.25, 0.3) is 0 Å². The maximum absolute atomic E-state index is 13.5. The van der Waals surface area contributed by atoms with Crippen LogP contribution in [0, 0.1) is 0 Å². The van der Waals surface area contributed by atoms with Gasteiger partial charge in [-0.25, -0.2) is 4.79 Å². The fourth-order valence-corrected chi connectivity index (χ4v) is 5.08. The van der Waals surface area contributed by atoms with Gasteiger partial charge in [0, 0.05) is 20.5 Å². The first-order valence-electron chi connectivity index (χ1n) is 13.7. The van der Waals surface area contributed by atoms with E-state index in [9.17, 15) is 45.0 Å². The molecule has 16 heteroatoms. The number of hydrogen-bond acceptors (Lipinski definition) is 14. The number of hydrogen-bond donors (Lipinski definition) is 8. The van der Waals surface area contributed by atoms with Crippen LogP contribution >= 0.6 is 0 Å². The number of benzene rings is 1. The van der Waals surface area contributed by atoms with Gasteiger partial charge in [-0.1, -0.05) is 6.07 Å². The van der Waals surface area contributed by atoms with Crippen LogP contribution in [-0.2, 0) is 44.5 Å². The molecule has 3 rings (SSSR count). The van der Waals surface area contributed by atoms with Gasteiger partial charge in [-0.2, -0.15) is 0 Å². The van der Waals surface area contributed by atoms with E-state index in [1.807, 2.05) is 0 Å². The molecular weight excluding hydrogens is 576 g/mol. The average molecular weight is 617 g/mol. The number of phenols is 2. The summed E-state index contributed by atoms with van der Waals surface area (Å²) in [5, 5.41) is 66.7. The van der Waals surface area contributed by atoms with Crippen molar-refractivity contribution in [2.24, 2.45) is 0 Å². The molecule has 0 saturated carbocycles. The van der Waals surface area contributed by atoms with Crippen LogP contribution < -0.4 is 10.6 Å². The van der Waals surface area contributed by atoms with Crippen molar-refractivity contribution in [3.8, 4) is 11.5 Å². The lowest BCUT2D eigenvalue weighted by Crippen LogP contribution is -2.68. The summed E-state index contributed by atoms with van der Waals surface area (Å²) >= 11 is 0. The zero-order valence-electron chi connectivity index (χ0n) is 24.2. The van der Waals surface area contributed by atoms with E-state index in [1.54, 1.807) is 13.8 Å². The number of nitrogens with one attached hydrogen (secondary N) is 2. The first kappa shape index (κ1) is 34.4. The third-order valence-electron chi connectivity index (χ3n) is 7.25. The van der Waals surface area contributed by atoms with Crippen molar-refractivity contribution < 1.29 is 68.7 Å². The Labute approximate surface area is 247 Å². The van der Waals surface area contributed by atoms with E-state index < -0.39 is 97.3 Å². The summed E-state index contributed by atoms with van der Waals surface area (Å²) in [7, 11) is 1.16. The smallest absolute Gasteiger partial charge is 0.328 e. The number of aromatic hydroxyl groups is 2. The third kappa shape index (κ3) is 8.10. The molecule has 242 valence electrons. The van der Waals surface area contributed by atoms with Crippen LogP contribution in [0.15, 0.2) is 18.2 Å². The molecule has 43 heavy (non-hydrogen) atoms. The standard InChI is InChI=1S/C27H40N2O14/c1-5-40-26(38)14(8-13-6-7-15(32)16(33)9-13)29-25(37)24-23(39-4)20(35)21(36)27(43-24)42-22-18(28-12(3)31)11(2)41-17(10-30)19(22)34/h6-7,9,11,14,17-24,27,30,32-36H,5,8,10H2,1-4H3,(H,28,31)(H,29,37)/t11-,14?,17?,18?,19+,20?,21?,22?,23-,24?,27+/m0/s1. The van der Waals surface area contributed by atoms with Crippen molar-refractivity contribution in [1.82, 2.24) is 10.6 Å². The van der Waals surface area contributed by atoms with E-state index in [2.05, 4.69) is 10.6 Å². The van der Waals surface area contributed by atoms with Crippen molar-refractivity contribution in [2.75, 3.05) is 20.3 Å². The number of esters is 1. The molecular formula is C27H40N2O14. The Kier molecular flexibility index (Phi) is 12.1. The molecule has 2 amide bonds. The first-order valence-corrected chi connectivity index (χ1v) is 13.7. The Morgan fingerprint density at radius 2 is 1.72 bits per heavy atom. The largest absolute Gasteiger partial charge is 0.504 e. The molecule has 2 saturated heterocycles. The lowest BCUT2D eigenvalue weighted by Gasteiger charge is -2.47. The van der Waals surface area contributed by atoms with Crippen LogP contribution in [0.1, 0.15) is 26.3 Å². The number of ether oxygens (including phenoxy) is 5. The third-order valence-corrected chi connectivity index (χ3v) is 7.25. The quantitative estimate of drug-likeness (QED) is 0.0924. The number of aliphatic hydroxyl groups is 4. The molecule has 0 aliphatic carbocycles. The van der Waals surface area contributed by atoms with Crippen LogP contribution in [-0.4, -0.2) is 136 Å². The van der Waals surface area contributed by atoms with Gasteiger partial charge >= 0.3 is 5.97 Å². The number of aliphatic hydroxyl groups excluding tert-OH is 4. The monoisotopic (exact) mass is 616 g/mol. The summed E-state index contributed by atoms with van der Waals surface area (Å²) < 4.78 is 27.5. The van der Waals surface area contributed by atoms with Crippen molar-refractivity contribution in [3.63, 3.8) is 0 Å². The molecule has 7 unspecified atom stereocenters. The molecule has 0 aromatic heterocycles. The molecule has 0 radical (unpaired) electrons. The average Bonchev–Trinajstić information content (AvgIpc) is 2.95. The van der Waals surface area contributed by atoms with Crippen LogP contribution in [0.3, 0.4) is 0 Å². The highest BCUT2D eigenvalue weighted by molar-refractivity contribution is 5.87. The van der Waals surface area contributed by atoms with Gasteiger partial charge in [0.1, 0.15) is 42.7 Å². The molecule has 2 fully saturated rings. The van der Waals surface area contributed by atoms with E-state index in [0.29, 0.717) is 5.56 Å². The molecule has 16 nitrogen and oxygen atoms in total. The molecule has 1 aromatic carbocycles. The normalized spacial score (nSPS) is 33.3. The zero-order chi connectivity index (χ0) is 32.0. The summed E-state index contributed by atoms with van der Waals surface area (Å²) in [4.78, 5) is 38.1. The fourth-order valence-electron chi connectivity index (χ4n) is 5.08. The molecule has 2 aliphatic rings. The molecule has 1 aromatic rings. The van der Waals surface area contributed by atoms with Crippen molar-refractivity contribution in [2.45, 2.75) is 94.4 Å². The number of carbonyl (C=O) groups is 3. The minimum absolute atomic E-state index is 0.0103. The van der Waals surface area contributed by atoms with Crippen molar-refractivity contribution in [3.05, 3.63) is 23.8 Å². The van der Waals surface area contributed by atoms with E-state index in [-0.39, 0.29) is 18.8 Å². The van der Waals surface area contributed by atoms with Gasteiger partial charge < -0.3 is 65.0 Å². The lowest BCUT2D eigenvalue weighted by atomic mass is 9.92. The summed E-state index contributed by atoms with van der Waals surface area (Å²) in [6.07, 6.45) is -13.3. The summed E-state index contributed by atoms with van der Waals surface area (Å²) in [6.45, 7) is 3.75.